The Morgan fingerprint density at radius 2 is 1.86 bits per heavy atom. The maximum atomic E-state index is 12.7. The van der Waals surface area contributed by atoms with Crippen molar-refractivity contribution in [2.45, 2.75) is 37.4 Å². The molecule has 0 aliphatic rings. The van der Waals surface area contributed by atoms with Crippen LogP contribution in [0.4, 0.5) is 4.39 Å². The summed E-state index contributed by atoms with van der Waals surface area (Å²) in [7, 11) is 0. The van der Waals surface area contributed by atoms with Gasteiger partial charge in [-0.2, -0.15) is 0 Å². The van der Waals surface area contributed by atoms with Gasteiger partial charge in [0, 0.05) is 4.83 Å². The van der Waals surface area contributed by atoms with E-state index in [0.29, 0.717) is 10.7 Å². The minimum atomic E-state index is -0.164. The highest BCUT2D eigenvalue weighted by atomic mass is 79.9. The Balaban J connectivity index is 2.68. The lowest BCUT2D eigenvalue weighted by atomic mass is 9.95. The predicted octanol–water partition coefficient (Wildman–Crippen LogP) is 4.49. The first-order valence-corrected chi connectivity index (χ1v) is 5.96. The SMILES string of the molecule is CCCC(Br)C(C)c1ccc(F)cc1. The number of benzene rings is 1. The lowest BCUT2D eigenvalue weighted by Crippen LogP contribution is -2.08. The van der Waals surface area contributed by atoms with E-state index in [1.165, 1.54) is 24.1 Å². The molecule has 0 N–H and O–H groups in total. The lowest BCUT2D eigenvalue weighted by Gasteiger charge is -2.17. The summed E-state index contributed by atoms with van der Waals surface area (Å²) in [5, 5.41) is 0. The molecular formula is C12H16BrF. The van der Waals surface area contributed by atoms with Gasteiger partial charge in [0.1, 0.15) is 5.82 Å². The van der Waals surface area contributed by atoms with E-state index >= 15 is 0 Å². The van der Waals surface area contributed by atoms with E-state index in [1.807, 2.05) is 12.1 Å². The maximum absolute atomic E-state index is 12.7. The molecule has 2 heteroatoms. The van der Waals surface area contributed by atoms with Crippen molar-refractivity contribution >= 4 is 15.9 Å². The van der Waals surface area contributed by atoms with Gasteiger partial charge in [0.05, 0.1) is 0 Å². The third-order valence-corrected chi connectivity index (χ3v) is 3.75. The van der Waals surface area contributed by atoms with Gasteiger partial charge in [0.2, 0.25) is 0 Å². The van der Waals surface area contributed by atoms with Crippen LogP contribution in [0.15, 0.2) is 24.3 Å². The van der Waals surface area contributed by atoms with Gasteiger partial charge in [-0.25, -0.2) is 4.39 Å². The van der Waals surface area contributed by atoms with E-state index in [2.05, 4.69) is 29.8 Å². The van der Waals surface area contributed by atoms with Gasteiger partial charge < -0.3 is 0 Å². The molecule has 2 unspecified atom stereocenters. The van der Waals surface area contributed by atoms with Crippen molar-refractivity contribution in [2.24, 2.45) is 0 Å². The zero-order valence-electron chi connectivity index (χ0n) is 8.63. The molecule has 0 radical (unpaired) electrons. The molecule has 78 valence electrons. The van der Waals surface area contributed by atoms with Crippen molar-refractivity contribution < 1.29 is 4.39 Å². The van der Waals surface area contributed by atoms with E-state index in [1.54, 1.807) is 0 Å². The first kappa shape index (κ1) is 11.7. The molecule has 0 spiro atoms. The topological polar surface area (TPSA) is 0 Å². The standard InChI is InChI=1S/C12H16BrF/c1-3-4-12(13)9(2)10-5-7-11(14)8-6-10/h5-9,12H,3-4H2,1-2H3. The van der Waals surface area contributed by atoms with Crippen LogP contribution in [0, 0.1) is 5.82 Å². The van der Waals surface area contributed by atoms with E-state index in [9.17, 15) is 4.39 Å². The van der Waals surface area contributed by atoms with Crippen LogP contribution in [0.2, 0.25) is 0 Å². The van der Waals surface area contributed by atoms with E-state index < -0.39 is 0 Å². The number of rotatable bonds is 4. The highest BCUT2D eigenvalue weighted by molar-refractivity contribution is 9.09. The van der Waals surface area contributed by atoms with Gasteiger partial charge in [-0.05, 0) is 30.0 Å². The molecule has 2 atom stereocenters. The molecule has 1 rings (SSSR count). The molecule has 0 aliphatic heterocycles. The third kappa shape index (κ3) is 3.09. The lowest BCUT2D eigenvalue weighted by molar-refractivity contribution is 0.620. The fourth-order valence-electron chi connectivity index (χ4n) is 1.50. The van der Waals surface area contributed by atoms with Crippen molar-refractivity contribution in [3.63, 3.8) is 0 Å². The van der Waals surface area contributed by atoms with Gasteiger partial charge in [-0.15, -0.1) is 0 Å². The van der Waals surface area contributed by atoms with Gasteiger partial charge in [-0.1, -0.05) is 48.3 Å². The van der Waals surface area contributed by atoms with Crippen molar-refractivity contribution in [1.82, 2.24) is 0 Å². The zero-order chi connectivity index (χ0) is 10.6. The third-order valence-electron chi connectivity index (χ3n) is 2.50. The summed E-state index contributed by atoms with van der Waals surface area (Å²) in [5.74, 6) is 0.276. The summed E-state index contributed by atoms with van der Waals surface area (Å²) in [4.78, 5) is 0.484. The molecule has 0 saturated heterocycles. The second kappa shape index (κ2) is 5.50. The maximum Gasteiger partial charge on any atom is 0.123 e. The molecule has 0 heterocycles. The Kier molecular flexibility index (Phi) is 4.59. The fourth-order valence-corrected chi connectivity index (χ4v) is 2.26. The van der Waals surface area contributed by atoms with Crippen LogP contribution in [0.5, 0.6) is 0 Å². The Hall–Kier alpha value is -0.370. The smallest absolute Gasteiger partial charge is 0.123 e. The summed E-state index contributed by atoms with van der Waals surface area (Å²) in [6.45, 7) is 4.34. The van der Waals surface area contributed by atoms with Crippen LogP contribution in [0.3, 0.4) is 0 Å². The molecule has 0 aliphatic carbocycles. The molecule has 0 amide bonds. The minimum absolute atomic E-state index is 0.164. The molecule has 1 aromatic carbocycles. The number of hydrogen-bond donors (Lipinski definition) is 0. The monoisotopic (exact) mass is 258 g/mol. The number of alkyl halides is 1. The molecule has 0 bridgehead atoms. The summed E-state index contributed by atoms with van der Waals surface area (Å²) in [5.41, 5.74) is 1.20. The van der Waals surface area contributed by atoms with Crippen molar-refractivity contribution in [3.8, 4) is 0 Å². The number of halogens is 2. The molecule has 0 saturated carbocycles. The average molecular weight is 259 g/mol. The molecular weight excluding hydrogens is 243 g/mol. The normalized spacial score (nSPS) is 15.1. The summed E-state index contributed by atoms with van der Waals surface area (Å²) >= 11 is 3.66. The van der Waals surface area contributed by atoms with Crippen LogP contribution >= 0.6 is 15.9 Å². The summed E-state index contributed by atoms with van der Waals surface area (Å²) < 4.78 is 12.7. The van der Waals surface area contributed by atoms with Crippen LogP contribution in [-0.2, 0) is 0 Å². The van der Waals surface area contributed by atoms with Gasteiger partial charge >= 0.3 is 0 Å². The van der Waals surface area contributed by atoms with Crippen molar-refractivity contribution in [2.75, 3.05) is 0 Å². The highest BCUT2D eigenvalue weighted by Crippen LogP contribution is 2.27. The average Bonchev–Trinajstić information content (AvgIpc) is 2.18. The van der Waals surface area contributed by atoms with E-state index in [-0.39, 0.29) is 5.82 Å². The second-order valence-corrected chi connectivity index (χ2v) is 4.82. The summed E-state index contributed by atoms with van der Waals surface area (Å²) in [6.07, 6.45) is 2.32. The Morgan fingerprint density at radius 3 is 2.36 bits per heavy atom. The fraction of sp³-hybridized carbons (Fsp3) is 0.500. The van der Waals surface area contributed by atoms with Crippen molar-refractivity contribution in [1.29, 1.82) is 0 Å². The molecule has 14 heavy (non-hydrogen) atoms. The minimum Gasteiger partial charge on any atom is -0.207 e. The van der Waals surface area contributed by atoms with Gasteiger partial charge in [0.15, 0.2) is 0 Å². The molecule has 1 aromatic rings. The first-order chi connectivity index (χ1) is 6.65. The second-order valence-electron chi connectivity index (χ2n) is 3.64. The quantitative estimate of drug-likeness (QED) is 0.699. The van der Waals surface area contributed by atoms with E-state index in [0.717, 1.165) is 6.42 Å². The Bertz CT molecular complexity index is 268. The van der Waals surface area contributed by atoms with Gasteiger partial charge in [0.25, 0.3) is 0 Å². The van der Waals surface area contributed by atoms with Gasteiger partial charge in [-0.3, -0.25) is 0 Å². The largest absolute Gasteiger partial charge is 0.207 e. The molecule has 0 nitrogen and oxygen atoms in total. The Morgan fingerprint density at radius 1 is 1.29 bits per heavy atom. The Labute approximate surface area is 93.7 Å². The number of hydrogen-bond acceptors (Lipinski definition) is 0. The molecule has 0 aromatic heterocycles. The first-order valence-electron chi connectivity index (χ1n) is 5.04. The summed E-state index contributed by atoms with van der Waals surface area (Å²) in [6, 6.07) is 6.78. The van der Waals surface area contributed by atoms with E-state index in [4.69, 9.17) is 0 Å². The van der Waals surface area contributed by atoms with Crippen molar-refractivity contribution in [3.05, 3.63) is 35.6 Å². The van der Waals surface area contributed by atoms with Crippen LogP contribution in [0.1, 0.15) is 38.2 Å². The molecule has 0 fully saturated rings. The predicted molar refractivity (Wildman–Crippen MR) is 62.4 cm³/mol. The van der Waals surface area contributed by atoms with Crippen LogP contribution in [0.25, 0.3) is 0 Å². The zero-order valence-corrected chi connectivity index (χ0v) is 10.2. The van der Waals surface area contributed by atoms with Crippen LogP contribution < -0.4 is 0 Å². The highest BCUT2D eigenvalue weighted by Gasteiger charge is 2.14. The van der Waals surface area contributed by atoms with Crippen LogP contribution in [-0.4, -0.2) is 4.83 Å².